The van der Waals surface area contributed by atoms with Crippen molar-refractivity contribution in [2.75, 3.05) is 0 Å². The number of allylic oxidation sites excluding steroid dienone is 3. The summed E-state index contributed by atoms with van der Waals surface area (Å²) >= 11 is 0. The number of benzene rings is 1. The molecule has 16 heavy (non-hydrogen) atoms. The van der Waals surface area contributed by atoms with Crippen LogP contribution in [0, 0.1) is 5.92 Å². The molecule has 0 amide bonds. The first-order valence-corrected chi connectivity index (χ1v) is 5.81. The maximum absolute atomic E-state index is 5.82. The Bertz CT molecular complexity index is 401. The summed E-state index contributed by atoms with van der Waals surface area (Å²) in [6.45, 7) is 5.01. The van der Waals surface area contributed by atoms with Gasteiger partial charge in [0.25, 0.3) is 0 Å². The van der Waals surface area contributed by atoms with Crippen molar-refractivity contribution in [3.8, 4) is 0 Å². The van der Waals surface area contributed by atoms with Crippen LogP contribution in [-0.4, -0.2) is 0 Å². The van der Waals surface area contributed by atoms with E-state index in [-0.39, 0.29) is 0 Å². The quantitative estimate of drug-likeness (QED) is 0.737. The Morgan fingerprint density at radius 1 is 1.25 bits per heavy atom. The van der Waals surface area contributed by atoms with Gasteiger partial charge >= 0.3 is 0 Å². The van der Waals surface area contributed by atoms with Gasteiger partial charge in [-0.15, -0.1) is 0 Å². The maximum Gasteiger partial charge on any atom is 0.118 e. The summed E-state index contributed by atoms with van der Waals surface area (Å²) in [7, 11) is 0. The highest BCUT2D eigenvalue weighted by atomic mass is 16.5. The lowest BCUT2D eigenvalue weighted by Gasteiger charge is -2.17. The van der Waals surface area contributed by atoms with Crippen LogP contribution in [0.1, 0.15) is 25.8 Å². The largest absolute Gasteiger partial charge is 0.489 e. The normalized spacial score (nSPS) is 20.0. The summed E-state index contributed by atoms with van der Waals surface area (Å²) in [5.41, 5.74) is 2.48. The summed E-state index contributed by atoms with van der Waals surface area (Å²) in [5, 5.41) is 0. The van der Waals surface area contributed by atoms with Gasteiger partial charge in [-0.1, -0.05) is 43.3 Å². The second kappa shape index (κ2) is 5.02. The highest BCUT2D eigenvalue weighted by Crippen LogP contribution is 2.23. The lowest BCUT2D eigenvalue weighted by Crippen LogP contribution is -2.03. The van der Waals surface area contributed by atoms with Crippen LogP contribution in [0.3, 0.4) is 0 Å². The predicted molar refractivity (Wildman–Crippen MR) is 66.9 cm³/mol. The van der Waals surface area contributed by atoms with Crippen LogP contribution in [0.4, 0.5) is 0 Å². The Balaban J connectivity index is 1.95. The number of ether oxygens (including phenoxy) is 1. The van der Waals surface area contributed by atoms with Crippen LogP contribution in [-0.2, 0) is 11.3 Å². The van der Waals surface area contributed by atoms with Crippen LogP contribution in [0.15, 0.2) is 53.8 Å². The molecule has 0 saturated carbocycles. The molecule has 0 heterocycles. The molecule has 1 aliphatic rings. The van der Waals surface area contributed by atoms with Crippen LogP contribution in [0.25, 0.3) is 0 Å². The number of rotatable bonds is 3. The van der Waals surface area contributed by atoms with Gasteiger partial charge in [0.05, 0.1) is 0 Å². The highest BCUT2D eigenvalue weighted by molar-refractivity contribution is 5.28. The van der Waals surface area contributed by atoms with E-state index in [1.807, 2.05) is 18.2 Å². The molecule has 0 bridgehead atoms. The molecule has 0 aromatic heterocycles. The van der Waals surface area contributed by atoms with E-state index in [1.54, 1.807) is 0 Å². The molecule has 0 fully saturated rings. The van der Waals surface area contributed by atoms with Gasteiger partial charge in [0.15, 0.2) is 0 Å². The van der Waals surface area contributed by atoms with Crippen molar-refractivity contribution in [1.82, 2.24) is 0 Å². The molecule has 1 aromatic rings. The second-order valence-electron chi connectivity index (χ2n) is 4.41. The van der Waals surface area contributed by atoms with Crippen molar-refractivity contribution in [3.05, 3.63) is 59.4 Å². The zero-order valence-corrected chi connectivity index (χ0v) is 9.94. The van der Waals surface area contributed by atoms with E-state index in [2.05, 4.69) is 38.1 Å². The molecule has 1 aliphatic carbocycles. The summed E-state index contributed by atoms with van der Waals surface area (Å²) in [6.07, 6.45) is 5.56. The van der Waals surface area contributed by atoms with Gasteiger partial charge < -0.3 is 4.74 Å². The Kier molecular flexibility index (Phi) is 3.45. The first-order chi connectivity index (χ1) is 7.75. The van der Waals surface area contributed by atoms with E-state index in [0.717, 1.165) is 12.2 Å². The minimum atomic E-state index is 0.643. The highest BCUT2D eigenvalue weighted by Gasteiger charge is 2.10. The fourth-order valence-electron chi connectivity index (χ4n) is 1.94. The van der Waals surface area contributed by atoms with Gasteiger partial charge in [0.1, 0.15) is 12.4 Å². The van der Waals surface area contributed by atoms with Crippen LogP contribution in [0.5, 0.6) is 0 Å². The Morgan fingerprint density at radius 3 is 2.69 bits per heavy atom. The van der Waals surface area contributed by atoms with Crippen LogP contribution >= 0.6 is 0 Å². The molecule has 1 heteroatoms. The van der Waals surface area contributed by atoms with Crippen LogP contribution < -0.4 is 0 Å². The average Bonchev–Trinajstić information content (AvgIpc) is 2.29. The Morgan fingerprint density at radius 2 is 2.00 bits per heavy atom. The van der Waals surface area contributed by atoms with E-state index in [0.29, 0.717) is 12.5 Å². The molecular formula is C15H18O. The van der Waals surface area contributed by atoms with Gasteiger partial charge in [0, 0.05) is 0 Å². The number of hydrogen-bond acceptors (Lipinski definition) is 1. The smallest absolute Gasteiger partial charge is 0.118 e. The third-order valence-electron chi connectivity index (χ3n) is 2.84. The van der Waals surface area contributed by atoms with E-state index >= 15 is 0 Å². The molecule has 84 valence electrons. The van der Waals surface area contributed by atoms with Crippen molar-refractivity contribution >= 4 is 0 Å². The zero-order chi connectivity index (χ0) is 11.4. The maximum atomic E-state index is 5.82. The minimum absolute atomic E-state index is 0.643. The first-order valence-electron chi connectivity index (χ1n) is 5.81. The third-order valence-corrected chi connectivity index (χ3v) is 2.84. The number of hydrogen-bond donors (Lipinski definition) is 0. The van der Waals surface area contributed by atoms with Gasteiger partial charge in [-0.25, -0.2) is 0 Å². The van der Waals surface area contributed by atoms with Gasteiger partial charge in [-0.05, 0) is 36.5 Å². The van der Waals surface area contributed by atoms with Gasteiger partial charge in [-0.3, -0.25) is 0 Å². The van der Waals surface area contributed by atoms with Crippen molar-refractivity contribution in [1.29, 1.82) is 0 Å². The molecule has 0 saturated heterocycles. The molecule has 2 rings (SSSR count). The summed E-state index contributed by atoms with van der Waals surface area (Å²) in [6, 6.07) is 10.3. The fraction of sp³-hybridized carbons (Fsp3) is 0.333. The van der Waals surface area contributed by atoms with Gasteiger partial charge in [-0.2, -0.15) is 0 Å². The van der Waals surface area contributed by atoms with Gasteiger partial charge in [0.2, 0.25) is 0 Å². The van der Waals surface area contributed by atoms with Crippen molar-refractivity contribution in [2.24, 2.45) is 5.92 Å². The molecule has 0 radical (unpaired) electrons. The second-order valence-corrected chi connectivity index (χ2v) is 4.41. The monoisotopic (exact) mass is 214 g/mol. The summed E-state index contributed by atoms with van der Waals surface area (Å²) < 4.78 is 5.82. The fourth-order valence-corrected chi connectivity index (χ4v) is 1.94. The Labute approximate surface area is 97.4 Å². The predicted octanol–water partition coefficient (Wildman–Crippen LogP) is 4.07. The SMILES string of the molecule is CC1=CC(C)CC=C1OCc1ccccc1. The molecule has 0 N–H and O–H groups in total. The van der Waals surface area contributed by atoms with Crippen molar-refractivity contribution in [2.45, 2.75) is 26.9 Å². The van der Waals surface area contributed by atoms with E-state index in [4.69, 9.17) is 4.74 Å². The zero-order valence-electron chi connectivity index (χ0n) is 9.94. The average molecular weight is 214 g/mol. The van der Waals surface area contributed by atoms with E-state index in [1.165, 1.54) is 11.1 Å². The molecule has 0 spiro atoms. The lowest BCUT2D eigenvalue weighted by atomic mass is 9.97. The minimum Gasteiger partial charge on any atom is -0.489 e. The van der Waals surface area contributed by atoms with Crippen molar-refractivity contribution in [3.63, 3.8) is 0 Å². The molecule has 1 unspecified atom stereocenters. The van der Waals surface area contributed by atoms with E-state index < -0.39 is 0 Å². The molecular weight excluding hydrogens is 196 g/mol. The third kappa shape index (κ3) is 2.75. The summed E-state index contributed by atoms with van der Waals surface area (Å²) in [4.78, 5) is 0. The Hall–Kier alpha value is -1.50. The van der Waals surface area contributed by atoms with Crippen molar-refractivity contribution < 1.29 is 4.74 Å². The molecule has 0 aliphatic heterocycles. The molecule has 1 atom stereocenters. The summed E-state index contributed by atoms with van der Waals surface area (Å²) in [5.74, 6) is 1.69. The molecule has 1 aromatic carbocycles. The topological polar surface area (TPSA) is 9.23 Å². The lowest BCUT2D eigenvalue weighted by molar-refractivity contribution is 0.203. The van der Waals surface area contributed by atoms with E-state index in [9.17, 15) is 0 Å². The van der Waals surface area contributed by atoms with Crippen LogP contribution in [0.2, 0.25) is 0 Å². The standard InChI is InChI=1S/C15H18O/c1-12-8-9-15(13(2)10-12)16-11-14-6-4-3-5-7-14/h3-7,9-10,12H,8,11H2,1-2H3. The molecule has 1 nitrogen and oxygen atoms in total. The first kappa shape index (κ1) is 11.0.